The van der Waals surface area contributed by atoms with Gasteiger partial charge in [0.05, 0.1) is 0 Å². The van der Waals surface area contributed by atoms with Crippen LogP contribution < -0.4 is 5.32 Å². The van der Waals surface area contributed by atoms with Crippen molar-refractivity contribution in [3.8, 4) is 0 Å². The minimum absolute atomic E-state index is 1.01. The van der Waals surface area contributed by atoms with Crippen LogP contribution >= 0.6 is 0 Å². The van der Waals surface area contributed by atoms with E-state index in [9.17, 15) is 0 Å². The Hall–Kier alpha value is -0.300. The highest BCUT2D eigenvalue weighted by molar-refractivity contribution is 4.78. The molecule has 0 atom stereocenters. The lowest BCUT2D eigenvalue weighted by Crippen LogP contribution is -2.11. The standard InChI is InChI=1S/C6H13N.C3H8.C2H6/c1-3-5-6-7-4-2;1-3-2;1-2/h3,5,7H,4,6H2,1-2H3;3H2,1-2H3;1-2H3/b5-3-;;. The second-order valence-corrected chi connectivity index (χ2v) is 2.08. The van der Waals surface area contributed by atoms with E-state index in [-0.39, 0.29) is 0 Å². The van der Waals surface area contributed by atoms with Crippen LogP contribution in [0, 0.1) is 0 Å². The summed E-state index contributed by atoms with van der Waals surface area (Å²) in [6.45, 7) is 14.4. The predicted molar refractivity (Wildman–Crippen MR) is 60.7 cm³/mol. The fourth-order valence-electron chi connectivity index (χ4n) is 0.346. The largest absolute Gasteiger partial charge is 0.314 e. The van der Waals surface area contributed by atoms with E-state index in [0.717, 1.165) is 13.1 Å². The monoisotopic (exact) mass is 173 g/mol. The fraction of sp³-hybridized carbons (Fsp3) is 0.818. The van der Waals surface area contributed by atoms with Crippen LogP contribution in [0.3, 0.4) is 0 Å². The van der Waals surface area contributed by atoms with Crippen LogP contribution in [0.25, 0.3) is 0 Å². The van der Waals surface area contributed by atoms with E-state index in [1.165, 1.54) is 6.42 Å². The van der Waals surface area contributed by atoms with Gasteiger partial charge in [-0.2, -0.15) is 0 Å². The summed E-state index contributed by atoms with van der Waals surface area (Å²) < 4.78 is 0. The fourth-order valence-corrected chi connectivity index (χ4v) is 0.346. The molecule has 0 saturated heterocycles. The molecule has 0 amide bonds. The molecule has 0 aromatic heterocycles. The number of likely N-dealkylation sites (N-methyl/N-ethyl adjacent to an activating group) is 1. The molecule has 0 unspecified atom stereocenters. The van der Waals surface area contributed by atoms with E-state index < -0.39 is 0 Å². The van der Waals surface area contributed by atoms with Crippen molar-refractivity contribution in [2.75, 3.05) is 13.1 Å². The lowest BCUT2D eigenvalue weighted by Gasteiger charge is -1.89. The molecule has 0 rings (SSSR count). The molecule has 0 fully saturated rings. The van der Waals surface area contributed by atoms with Crippen molar-refractivity contribution in [2.24, 2.45) is 0 Å². The van der Waals surface area contributed by atoms with E-state index in [2.05, 4.69) is 32.2 Å². The Bertz CT molecular complexity index is 58.0. The van der Waals surface area contributed by atoms with Crippen LogP contribution in [0.2, 0.25) is 0 Å². The summed E-state index contributed by atoms with van der Waals surface area (Å²) in [6, 6.07) is 0. The van der Waals surface area contributed by atoms with Crippen molar-refractivity contribution in [2.45, 2.75) is 48.0 Å². The number of hydrogen-bond donors (Lipinski definition) is 1. The van der Waals surface area contributed by atoms with Crippen molar-refractivity contribution in [3.63, 3.8) is 0 Å². The van der Waals surface area contributed by atoms with E-state index in [1.54, 1.807) is 0 Å². The first-order valence-electron chi connectivity index (χ1n) is 5.15. The molecular weight excluding hydrogens is 146 g/mol. The molecule has 1 N–H and O–H groups in total. The van der Waals surface area contributed by atoms with Crippen LogP contribution in [0.15, 0.2) is 12.2 Å². The van der Waals surface area contributed by atoms with Gasteiger partial charge in [0.15, 0.2) is 0 Å². The molecule has 0 aliphatic heterocycles. The number of rotatable bonds is 3. The second kappa shape index (κ2) is 31.0. The average molecular weight is 173 g/mol. The zero-order valence-corrected chi connectivity index (χ0v) is 9.78. The lowest BCUT2D eigenvalue weighted by atomic mass is 10.5. The maximum absolute atomic E-state index is 3.16. The SMILES string of the molecule is C/C=C\CNCC.CC.CCC. The molecule has 1 nitrogen and oxygen atoms in total. The molecule has 76 valence electrons. The third kappa shape index (κ3) is 53.6. The number of nitrogens with one attached hydrogen (secondary N) is 1. The van der Waals surface area contributed by atoms with E-state index in [0.29, 0.717) is 0 Å². The lowest BCUT2D eigenvalue weighted by molar-refractivity contribution is 0.799. The zero-order chi connectivity index (χ0) is 10.2. The van der Waals surface area contributed by atoms with E-state index in [1.807, 2.05) is 26.8 Å². The van der Waals surface area contributed by atoms with Crippen LogP contribution in [0.1, 0.15) is 48.0 Å². The third-order valence-electron chi connectivity index (χ3n) is 0.748. The van der Waals surface area contributed by atoms with Gasteiger partial charge < -0.3 is 5.32 Å². The third-order valence-corrected chi connectivity index (χ3v) is 0.748. The van der Waals surface area contributed by atoms with Gasteiger partial charge in [0, 0.05) is 6.54 Å². The Kier molecular flexibility index (Phi) is 45.7. The molecular formula is C11H27N. The number of hydrogen-bond acceptors (Lipinski definition) is 1. The summed E-state index contributed by atoms with van der Waals surface area (Å²) in [6.07, 6.45) is 5.40. The van der Waals surface area contributed by atoms with Gasteiger partial charge in [0.2, 0.25) is 0 Å². The van der Waals surface area contributed by atoms with Gasteiger partial charge in [-0.3, -0.25) is 0 Å². The predicted octanol–water partition coefficient (Wildman–Crippen LogP) is 3.61. The Morgan fingerprint density at radius 3 is 1.75 bits per heavy atom. The first kappa shape index (κ1) is 17.7. The zero-order valence-electron chi connectivity index (χ0n) is 9.78. The van der Waals surface area contributed by atoms with E-state index >= 15 is 0 Å². The summed E-state index contributed by atoms with van der Waals surface area (Å²) in [7, 11) is 0. The summed E-state index contributed by atoms with van der Waals surface area (Å²) in [5, 5.41) is 3.16. The Morgan fingerprint density at radius 2 is 1.50 bits per heavy atom. The quantitative estimate of drug-likeness (QED) is 0.508. The van der Waals surface area contributed by atoms with Crippen LogP contribution in [-0.4, -0.2) is 13.1 Å². The van der Waals surface area contributed by atoms with Crippen molar-refractivity contribution in [1.29, 1.82) is 0 Å². The first-order chi connectivity index (χ1) is 5.83. The van der Waals surface area contributed by atoms with Crippen LogP contribution in [0.4, 0.5) is 0 Å². The Balaban J connectivity index is -0.000000137. The molecule has 0 radical (unpaired) electrons. The highest BCUT2D eigenvalue weighted by atomic mass is 14.8. The summed E-state index contributed by atoms with van der Waals surface area (Å²) in [5.74, 6) is 0. The van der Waals surface area contributed by atoms with Crippen LogP contribution in [0.5, 0.6) is 0 Å². The maximum atomic E-state index is 3.16. The van der Waals surface area contributed by atoms with Crippen molar-refractivity contribution in [3.05, 3.63) is 12.2 Å². The second-order valence-electron chi connectivity index (χ2n) is 2.08. The maximum Gasteiger partial charge on any atom is 0.0134 e. The molecule has 0 heterocycles. The van der Waals surface area contributed by atoms with Gasteiger partial charge in [-0.25, -0.2) is 0 Å². The molecule has 0 aliphatic rings. The van der Waals surface area contributed by atoms with E-state index in [4.69, 9.17) is 0 Å². The molecule has 12 heavy (non-hydrogen) atoms. The summed E-state index contributed by atoms with van der Waals surface area (Å²) in [4.78, 5) is 0. The van der Waals surface area contributed by atoms with Gasteiger partial charge in [0.1, 0.15) is 0 Å². The molecule has 0 bridgehead atoms. The topological polar surface area (TPSA) is 12.0 Å². The normalized spacial score (nSPS) is 8.17. The minimum atomic E-state index is 1.01. The molecule has 1 heteroatoms. The van der Waals surface area contributed by atoms with Crippen molar-refractivity contribution >= 4 is 0 Å². The highest BCUT2D eigenvalue weighted by Crippen LogP contribution is 1.64. The summed E-state index contributed by atoms with van der Waals surface area (Å²) >= 11 is 0. The average Bonchev–Trinajstić information content (AvgIpc) is 2.11. The molecule has 0 saturated carbocycles. The molecule has 0 aromatic rings. The van der Waals surface area contributed by atoms with Crippen molar-refractivity contribution < 1.29 is 0 Å². The minimum Gasteiger partial charge on any atom is -0.314 e. The smallest absolute Gasteiger partial charge is 0.0134 e. The highest BCUT2D eigenvalue weighted by Gasteiger charge is 1.68. The number of allylic oxidation sites excluding steroid dienone is 1. The van der Waals surface area contributed by atoms with Crippen LogP contribution in [-0.2, 0) is 0 Å². The van der Waals surface area contributed by atoms with Crippen molar-refractivity contribution in [1.82, 2.24) is 5.32 Å². The first-order valence-corrected chi connectivity index (χ1v) is 5.15. The van der Waals surface area contributed by atoms with Gasteiger partial charge in [-0.1, -0.05) is 53.2 Å². The molecule has 0 spiro atoms. The van der Waals surface area contributed by atoms with Gasteiger partial charge in [0.25, 0.3) is 0 Å². The van der Waals surface area contributed by atoms with Gasteiger partial charge in [-0.15, -0.1) is 0 Å². The van der Waals surface area contributed by atoms with Gasteiger partial charge >= 0.3 is 0 Å². The van der Waals surface area contributed by atoms with Gasteiger partial charge in [-0.05, 0) is 13.5 Å². The summed E-state index contributed by atoms with van der Waals surface area (Å²) in [5.41, 5.74) is 0. The molecule has 0 aliphatic carbocycles. The Morgan fingerprint density at radius 1 is 1.08 bits per heavy atom. The molecule has 0 aromatic carbocycles. The Labute approximate surface area is 79.3 Å².